The zero-order valence-electron chi connectivity index (χ0n) is 12.6. The number of methoxy groups -OCH3 is 1. The molecule has 1 aromatic heterocycles. The number of halogens is 1. The summed E-state index contributed by atoms with van der Waals surface area (Å²) in [5, 5.41) is 3.26. The Morgan fingerprint density at radius 1 is 1.23 bits per heavy atom. The molecule has 0 radical (unpaired) electrons. The minimum absolute atomic E-state index is 0.136. The zero-order valence-corrected chi connectivity index (χ0v) is 14.2. The van der Waals surface area contributed by atoms with Gasteiger partial charge in [-0.25, -0.2) is 0 Å². The molecule has 2 aromatic rings. The van der Waals surface area contributed by atoms with Gasteiger partial charge < -0.3 is 15.0 Å². The number of hydrogen-bond donors (Lipinski definition) is 1. The lowest BCUT2D eigenvalue weighted by atomic mass is 10.3. The molecule has 0 bridgehead atoms. The van der Waals surface area contributed by atoms with Crippen molar-refractivity contribution in [3.8, 4) is 5.75 Å². The molecule has 1 N–H and O–H groups in total. The number of fused-ring (bicyclic) bond motifs is 3. The van der Waals surface area contributed by atoms with Gasteiger partial charge in [0.2, 0.25) is 0 Å². The van der Waals surface area contributed by atoms with Gasteiger partial charge in [0.1, 0.15) is 5.75 Å². The van der Waals surface area contributed by atoms with E-state index in [-0.39, 0.29) is 10.6 Å². The van der Waals surface area contributed by atoms with Gasteiger partial charge in [-0.2, -0.15) is 4.39 Å². The van der Waals surface area contributed by atoms with Crippen LogP contribution in [0.15, 0.2) is 41.4 Å². The number of nitrogens with zero attached hydrogens (tertiary/aromatic N) is 1. The number of thioether (sulfide) groups is 1. The molecule has 0 fully saturated rings. The summed E-state index contributed by atoms with van der Waals surface area (Å²) in [6, 6.07) is 9.35. The fraction of sp³-hybridized carbons (Fsp3) is 0.250. The molecule has 2 aliphatic heterocycles. The molecular formula is C16H17FN2OS2. The Labute approximate surface area is 137 Å². The van der Waals surface area contributed by atoms with Crippen LogP contribution in [-0.2, 0) is 0 Å². The van der Waals surface area contributed by atoms with Crippen LogP contribution in [0.25, 0.3) is 5.70 Å². The molecule has 2 aliphatic rings. The maximum Gasteiger partial charge on any atom is 0.177 e. The summed E-state index contributed by atoms with van der Waals surface area (Å²) in [6.07, 6.45) is 2.04. The molecule has 0 amide bonds. The molecule has 22 heavy (non-hydrogen) atoms. The highest BCUT2D eigenvalue weighted by Gasteiger charge is 2.34. The molecule has 1 unspecified atom stereocenters. The lowest BCUT2D eigenvalue weighted by molar-refractivity contribution is 0.414. The third-order valence-corrected chi connectivity index (χ3v) is 5.38. The van der Waals surface area contributed by atoms with Crippen molar-refractivity contribution in [2.45, 2.75) is 24.2 Å². The van der Waals surface area contributed by atoms with Gasteiger partial charge in [0.25, 0.3) is 0 Å². The molecule has 4 rings (SSSR count). The van der Waals surface area contributed by atoms with E-state index in [1.807, 2.05) is 32.2 Å². The Bertz CT molecular complexity index is 714. The van der Waals surface area contributed by atoms with Crippen LogP contribution in [0.3, 0.4) is 0 Å². The summed E-state index contributed by atoms with van der Waals surface area (Å²) in [5.41, 5.74) is 2.26. The number of thiophene rings is 1. The highest BCUT2D eigenvalue weighted by atomic mass is 32.2. The third-order valence-electron chi connectivity index (χ3n) is 3.32. The lowest BCUT2D eigenvalue weighted by Crippen LogP contribution is -2.28. The summed E-state index contributed by atoms with van der Waals surface area (Å²) in [7, 11) is 1.67. The molecule has 3 heterocycles. The second-order valence-corrected chi connectivity index (χ2v) is 6.66. The fourth-order valence-electron chi connectivity index (χ4n) is 2.37. The van der Waals surface area contributed by atoms with Gasteiger partial charge in [-0.1, -0.05) is 25.6 Å². The standard InChI is InChI=1S/C14H11FN2OS2.C2H6/c1-18-8-2-3-10-12(6-8)20-14-16-9(7-17(10)14)11-4-5-13(15)19-11;1-2/h2-7,14,16H,1H3;1-2H3. The summed E-state index contributed by atoms with van der Waals surface area (Å²) in [4.78, 5) is 4.29. The monoisotopic (exact) mass is 336 g/mol. The first-order valence-corrected chi connectivity index (χ1v) is 8.81. The largest absolute Gasteiger partial charge is 0.497 e. The van der Waals surface area contributed by atoms with Crippen molar-refractivity contribution in [1.29, 1.82) is 0 Å². The van der Waals surface area contributed by atoms with Crippen LogP contribution < -0.4 is 15.0 Å². The summed E-state index contributed by atoms with van der Waals surface area (Å²) in [6.45, 7) is 4.00. The number of anilines is 1. The average molecular weight is 336 g/mol. The minimum Gasteiger partial charge on any atom is -0.497 e. The van der Waals surface area contributed by atoms with Crippen molar-refractivity contribution < 1.29 is 9.13 Å². The van der Waals surface area contributed by atoms with Crippen LogP contribution in [-0.4, -0.2) is 12.6 Å². The molecule has 116 valence electrons. The van der Waals surface area contributed by atoms with Crippen molar-refractivity contribution in [3.05, 3.63) is 46.5 Å². The van der Waals surface area contributed by atoms with Gasteiger partial charge in [0, 0.05) is 11.1 Å². The van der Waals surface area contributed by atoms with E-state index in [2.05, 4.69) is 16.3 Å². The van der Waals surface area contributed by atoms with Crippen LogP contribution in [0.1, 0.15) is 18.7 Å². The van der Waals surface area contributed by atoms with E-state index in [0.717, 1.165) is 33.3 Å². The minimum atomic E-state index is -0.160. The topological polar surface area (TPSA) is 24.5 Å². The Morgan fingerprint density at radius 3 is 2.73 bits per heavy atom. The smallest absolute Gasteiger partial charge is 0.177 e. The first-order chi connectivity index (χ1) is 10.7. The van der Waals surface area contributed by atoms with E-state index in [0.29, 0.717) is 0 Å². The molecule has 0 spiro atoms. The number of benzene rings is 1. The highest BCUT2D eigenvalue weighted by molar-refractivity contribution is 8.00. The molecule has 0 saturated heterocycles. The van der Waals surface area contributed by atoms with E-state index in [1.165, 1.54) is 11.0 Å². The van der Waals surface area contributed by atoms with Crippen LogP contribution in [0.5, 0.6) is 5.75 Å². The summed E-state index contributed by atoms with van der Waals surface area (Å²) >= 11 is 2.89. The van der Waals surface area contributed by atoms with Crippen LogP contribution in [0, 0.1) is 5.13 Å². The molecule has 1 atom stereocenters. The lowest BCUT2D eigenvalue weighted by Gasteiger charge is -2.15. The van der Waals surface area contributed by atoms with Gasteiger partial charge in [-0.05, 0) is 30.3 Å². The predicted molar refractivity (Wildman–Crippen MR) is 91.9 cm³/mol. The van der Waals surface area contributed by atoms with E-state index in [1.54, 1.807) is 24.9 Å². The average Bonchev–Trinajstić information content (AvgIpc) is 3.22. The first kappa shape index (κ1) is 15.2. The fourth-order valence-corrected chi connectivity index (χ4v) is 4.27. The maximum absolute atomic E-state index is 13.1. The van der Waals surface area contributed by atoms with E-state index >= 15 is 0 Å². The van der Waals surface area contributed by atoms with Crippen molar-refractivity contribution >= 4 is 34.5 Å². The summed E-state index contributed by atoms with van der Waals surface area (Å²) in [5.74, 6) is 0.863. The quantitative estimate of drug-likeness (QED) is 0.858. The van der Waals surface area contributed by atoms with Gasteiger partial charge in [-0.3, -0.25) is 0 Å². The Balaban J connectivity index is 0.000000693. The second kappa shape index (κ2) is 6.22. The van der Waals surface area contributed by atoms with E-state index in [4.69, 9.17) is 4.74 Å². The Morgan fingerprint density at radius 2 is 2.05 bits per heavy atom. The van der Waals surface area contributed by atoms with Crippen LogP contribution in [0.2, 0.25) is 0 Å². The second-order valence-electron chi connectivity index (χ2n) is 4.50. The SMILES string of the molecule is CC.COc1ccc2c(c1)SC1NC(c3ccc(F)s3)=CN21. The molecule has 1 aromatic carbocycles. The molecule has 3 nitrogen and oxygen atoms in total. The zero-order chi connectivity index (χ0) is 15.7. The van der Waals surface area contributed by atoms with Gasteiger partial charge in [-0.15, -0.1) is 11.3 Å². The first-order valence-electron chi connectivity index (χ1n) is 7.12. The van der Waals surface area contributed by atoms with Crippen LogP contribution >= 0.6 is 23.1 Å². The van der Waals surface area contributed by atoms with Gasteiger partial charge >= 0.3 is 0 Å². The van der Waals surface area contributed by atoms with Crippen molar-refractivity contribution in [2.24, 2.45) is 0 Å². The van der Waals surface area contributed by atoms with Crippen molar-refractivity contribution in [2.75, 3.05) is 12.0 Å². The number of rotatable bonds is 2. The number of ether oxygens (including phenoxy) is 1. The van der Waals surface area contributed by atoms with Crippen LogP contribution in [0.4, 0.5) is 10.1 Å². The number of hydrogen-bond acceptors (Lipinski definition) is 5. The van der Waals surface area contributed by atoms with E-state index in [9.17, 15) is 4.39 Å². The normalized spacial score (nSPS) is 17.9. The molecule has 0 saturated carbocycles. The van der Waals surface area contributed by atoms with Gasteiger partial charge in [0.15, 0.2) is 10.6 Å². The number of nitrogens with one attached hydrogen (secondary N) is 1. The predicted octanol–water partition coefficient (Wildman–Crippen LogP) is 4.72. The maximum atomic E-state index is 13.1. The van der Waals surface area contributed by atoms with Crippen molar-refractivity contribution in [3.63, 3.8) is 0 Å². The van der Waals surface area contributed by atoms with Gasteiger partial charge in [0.05, 0.1) is 23.4 Å². The third kappa shape index (κ3) is 2.57. The van der Waals surface area contributed by atoms with E-state index < -0.39 is 0 Å². The molecule has 0 aliphatic carbocycles. The Kier molecular flexibility index (Phi) is 4.31. The van der Waals surface area contributed by atoms with Crippen molar-refractivity contribution in [1.82, 2.24) is 5.32 Å². The summed E-state index contributed by atoms with van der Waals surface area (Å²) < 4.78 is 18.4. The highest BCUT2D eigenvalue weighted by Crippen LogP contribution is 2.47. The molecule has 6 heteroatoms. The Hall–Kier alpha value is -1.66. The molecular weight excluding hydrogens is 319 g/mol.